The molecule has 0 N–H and O–H groups in total. The van der Waals surface area contributed by atoms with Gasteiger partial charge in [0.1, 0.15) is 18.5 Å². The van der Waals surface area contributed by atoms with Gasteiger partial charge in [0.05, 0.1) is 0 Å². The van der Waals surface area contributed by atoms with Gasteiger partial charge in [-0.25, -0.2) is 0 Å². The largest absolute Gasteiger partial charge is 0.484 e. The number of ether oxygens (including phenoxy) is 1. The summed E-state index contributed by atoms with van der Waals surface area (Å²) >= 11 is 0. The molecule has 3 rings (SSSR count). The van der Waals surface area contributed by atoms with E-state index in [1.807, 2.05) is 48.5 Å². The Labute approximate surface area is 135 Å². The Hall–Kier alpha value is -2.82. The van der Waals surface area contributed by atoms with Gasteiger partial charge in [-0.1, -0.05) is 48.5 Å². The lowest BCUT2D eigenvalue weighted by atomic mass is 10.1. The number of rotatable bonds is 4. The number of hydrogen-bond donors (Lipinski definition) is 0. The highest BCUT2D eigenvalue weighted by atomic mass is 16.5. The third-order valence-corrected chi connectivity index (χ3v) is 3.88. The van der Waals surface area contributed by atoms with Crippen LogP contribution >= 0.6 is 0 Å². The number of likely N-dealkylation sites (N-methyl/N-ethyl adjacent to an activating group) is 1. The van der Waals surface area contributed by atoms with Gasteiger partial charge in [0.2, 0.25) is 5.91 Å². The fraction of sp³-hybridized carbons (Fsp3) is 0.222. The van der Waals surface area contributed by atoms with Gasteiger partial charge in [-0.15, -0.1) is 0 Å². The summed E-state index contributed by atoms with van der Waals surface area (Å²) in [4.78, 5) is 27.7. The fourth-order valence-corrected chi connectivity index (χ4v) is 2.69. The van der Waals surface area contributed by atoms with E-state index in [4.69, 9.17) is 4.74 Å². The summed E-state index contributed by atoms with van der Waals surface area (Å²) in [5, 5.41) is 0. The van der Waals surface area contributed by atoms with E-state index in [1.54, 1.807) is 29.0 Å². The zero-order valence-corrected chi connectivity index (χ0v) is 12.9. The van der Waals surface area contributed by atoms with E-state index < -0.39 is 0 Å². The summed E-state index contributed by atoms with van der Waals surface area (Å²) < 4.78 is 5.51. The molecule has 1 saturated heterocycles. The molecule has 2 aromatic rings. The van der Waals surface area contributed by atoms with E-state index in [1.165, 1.54) is 0 Å². The van der Waals surface area contributed by atoms with Crippen molar-refractivity contribution in [3.05, 3.63) is 66.2 Å². The highest BCUT2D eigenvalue weighted by molar-refractivity contribution is 5.89. The van der Waals surface area contributed by atoms with Gasteiger partial charge >= 0.3 is 0 Å². The molecule has 1 unspecified atom stereocenters. The molecule has 1 atom stereocenters. The van der Waals surface area contributed by atoms with Crippen molar-refractivity contribution in [1.82, 2.24) is 9.80 Å². The van der Waals surface area contributed by atoms with Crippen molar-refractivity contribution >= 4 is 11.8 Å². The molecule has 0 spiro atoms. The second kappa shape index (κ2) is 6.52. The third kappa shape index (κ3) is 3.18. The molecule has 0 aromatic heterocycles. The molecular weight excluding hydrogens is 292 g/mol. The predicted molar refractivity (Wildman–Crippen MR) is 85.6 cm³/mol. The van der Waals surface area contributed by atoms with Crippen LogP contribution in [0.15, 0.2) is 60.7 Å². The minimum atomic E-state index is -0.379. The zero-order chi connectivity index (χ0) is 16.2. The first kappa shape index (κ1) is 15.1. The number of carbonyl (C=O) groups is 2. The monoisotopic (exact) mass is 310 g/mol. The highest BCUT2D eigenvalue weighted by Gasteiger charge is 2.39. The van der Waals surface area contributed by atoms with Gasteiger partial charge in [-0.3, -0.25) is 9.59 Å². The third-order valence-electron chi connectivity index (χ3n) is 3.88. The van der Waals surface area contributed by atoms with Crippen molar-refractivity contribution < 1.29 is 14.3 Å². The van der Waals surface area contributed by atoms with E-state index in [2.05, 4.69) is 0 Å². The van der Waals surface area contributed by atoms with Gasteiger partial charge in [0.25, 0.3) is 5.91 Å². The van der Waals surface area contributed by atoms with Crippen LogP contribution in [0.1, 0.15) is 11.7 Å². The van der Waals surface area contributed by atoms with E-state index in [0.29, 0.717) is 5.75 Å². The maximum atomic E-state index is 12.5. The lowest BCUT2D eigenvalue weighted by Crippen LogP contribution is -2.37. The molecule has 2 amide bonds. The van der Waals surface area contributed by atoms with Crippen LogP contribution in [-0.2, 0) is 9.59 Å². The van der Waals surface area contributed by atoms with Crippen LogP contribution in [0.25, 0.3) is 0 Å². The lowest BCUT2D eigenvalue weighted by molar-refractivity contribution is -0.135. The van der Waals surface area contributed by atoms with Gasteiger partial charge in [0, 0.05) is 7.05 Å². The van der Waals surface area contributed by atoms with Crippen molar-refractivity contribution in [2.45, 2.75) is 6.17 Å². The van der Waals surface area contributed by atoms with Crippen LogP contribution in [0.4, 0.5) is 0 Å². The van der Waals surface area contributed by atoms with E-state index in [-0.39, 0.29) is 31.1 Å². The molecule has 0 saturated carbocycles. The SMILES string of the molecule is CN1C(=O)CN(C(=O)COc2ccccc2)C1c1ccccc1. The number of amides is 2. The van der Waals surface area contributed by atoms with E-state index >= 15 is 0 Å². The maximum absolute atomic E-state index is 12.5. The van der Waals surface area contributed by atoms with Crippen molar-refractivity contribution in [2.75, 3.05) is 20.2 Å². The summed E-state index contributed by atoms with van der Waals surface area (Å²) in [6, 6.07) is 18.7. The number of hydrogen-bond acceptors (Lipinski definition) is 3. The van der Waals surface area contributed by atoms with Crippen LogP contribution in [0.2, 0.25) is 0 Å². The second-order valence-corrected chi connectivity index (χ2v) is 5.41. The van der Waals surface area contributed by atoms with Crippen LogP contribution in [0.5, 0.6) is 5.75 Å². The summed E-state index contributed by atoms with van der Waals surface area (Å²) in [6.07, 6.45) is -0.379. The Balaban J connectivity index is 1.74. The highest BCUT2D eigenvalue weighted by Crippen LogP contribution is 2.29. The maximum Gasteiger partial charge on any atom is 0.262 e. The van der Waals surface area contributed by atoms with Crippen molar-refractivity contribution in [3.63, 3.8) is 0 Å². The molecule has 5 heteroatoms. The molecule has 1 heterocycles. The van der Waals surface area contributed by atoms with Gasteiger partial charge in [-0.05, 0) is 17.7 Å². The number of nitrogens with zero attached hydrogens (tertiary/aromatic N) is 2. The molecular formula is C18H18N2O3. The van der Waals surface area contributed by atoms with Crippen molar-refractivity contribution in [2.24, 2.45) is 0 Å². The number of benzene rings is 2. The lowest BCUT2D eigenvalue weighted by Gasteiger charge is -2.27. The Bertz CT molecular complexity index is 688. The van der Waals surface area contributed by atoms with Crippen molar-refractivity contribution in [3.8, 4) is 5.75 Å². The topological polar surface area (TPSA) is 49.9 Å². The normalized spacial score (nSPS) is 17.4. The number of para-hydroxylation sites is 1. The minimum Gasteiger partial charge on any atom is -0.484 e. The molecule has 0 bridgehead atoms. The first-order chi connectivity index (χ1) is 11.2. The molecule has 5 nitrogen and oxygen atoms in total. The van der Waals surface area contributed by atoms with Crippen LogP contribution in [-0.4, -0.2) is 41.8 Å². The van der Waals surface area contributed by atoms with E-state index in [9.17, 15) is 9.59 Å². The molecule has 1 aliphatic rings. The average Bonchev–Trinajstić information content (AvgIpc) is 2.90. The summed E-state index contributed by atoms with van der Waals surface area (Å²) in [6.45, 7) is -0.0124. The van der Waals surface area contributed by atoms with Gasteiger partial charge in [0.15, 0.2) is 6.61 Å². The fourth-order valence-electron chi connectivity index (χ4n) is 2.69. The first-order valence-corrected chi connectivity index (χ1v) is 7.45. The molecule has 0 radical (unpaired) electrons. The van der Waals surface area contributed by atoms with Gasteiger partial charge in [-0.2, -0.15) is 0 Å². The first-order valence-electron chi connectivity index (χ1n) is 7.45. The Morgan fingerprint density at radius 3 is 2.35 bits per heavy atom. The molecule has 0 aliphatic carbocycles. The number of carbonyl (C=O) groups excluding carboxylic acids is 2. The second-order valence-electron chi connectivity index (χ2n) is 5.41. The Morgan fingerprint density at radius 2 is 1.70 bits per heavy atom. The molecule has 118 valence electrons. The quantitative estimate of drug-likeness (QED) is 0.868. The summed E-state index contributed by atoms with van der Waals surface area (Å²) in [7, 11) is 1.71. The summed E-state index contributed by atoms with van der Waals surface area (Å²) in [5.74, 6) is 0.350. The predicted octanol–water partition coefficient (Wildman–Crippen LogP) is 2.06. The Kier molecular flexibility index (Phi) is 4.28. The van der Waals surface area contributed by atoms with Gasteiger partial charge < -0.3 is 14.5 Å². The standard InChI is InChI=1S/C18H18N2O3/c1-19-16(21)12-20(18(19)14-8-4-2-5-9-14)17(22)13-23-15-10-6-3-7-11-15/h2-11,18H,12-13H2,1H3. The van der Waals surface area contributed by atoms with Crippen LogP contribution in [0.3, 0.4) is 0 Å². The van der Waals surface area contributed by atoms with E-state index in [0.717, 1.165) is 5.56 Å². The molecule has 2 aromatic carbocycles. The minimum absolute atomic E-state index is 0.0764. The molecule has 23 heavy (non-hydrogen) atoms. The molecule has 1 fully saturated rings. The van der Waals surface area contributed by atoms with Crippen LogP contribution in [0, 0.1) is 0 Å². The molecule has 1 aliphatic heterocycles. The summed E-state index contributed by atoms with van der Waals surface area (Å²) in [5.41, 5.74) is 0.911. The smallest absolute Gasteiger partial charge is 0.262 e. The van der Waals surface area contributed by atoms with Crippen molar-refractivity contribution in [1.29, 1.82) is 0 Å². The zero-order valence-electron chi connectivity index (χ0n) is 12.9. The Morgan fingerprint density at radius 1 is 1.09 bits per heavy atom. The van der Waals surface area contributed by atoms with Crippen LogP contribution < -0.4 is 4.74 Å². The average molecular weight is 310 g/mol.